The van der Waals surface area contributed by atoms with Crippen LogP contribution in [0.15, 0.2) is 152 Å². The topological polar surface area (TPSA) is 61.8 Å². The average molecular weight is 636 g/mol. The van der Waals surface area contributed by atoms with Crippen LogP contribution in [0.5, 0.6) is 0 Å². The number of rotatable bonds is 4. The first-order valence-corrected chi connectivity index (χ1v) is 16.3. The normalized spacial score (nSPS) is 11.1. The summed E-state index contributed by atoms with van der Waals surface area (Å²) >= 11 is 0. The highest BCUT2D eigenvalue weighted by Gasteiger charge is 2.22. The van der Waals surface area contributed by atoms with Gasteiger partial charge in [-0.25, -0.2) is 4.85 Å². The van der Waals surface area contributed by atoms with Gasteiger partial charge in [0.1, 0.15) is 0 Å². The summed E-state index contributed by atoms with van der Waals surface area (Å²) < 4.78 is 4.38. The Kier molecular flexibility index (Phi) is 6.56. The third-order valence-electron chi connectivity index (χ3n) is 9.61. The van der Waals surface area contributed by atoms with Crippen LogP contribution in [0.1, 0.15) is 11.1 Å². The van der Waals surface area contributed by atoms with Crippen molar-refractivity contribution in [2.45, 2.75) is 0 Å². The van der Waals surface area contributed by atoms with Crippen LogP contribution >= 0.6 is 0 Å². The standard InChI is InChI=1S/C45H25N5/c1-48-39-23-20-33(28-47)44(45(39)50-42-16-7-4-13-37(42)38-25-29(27-46)17-24-43(38)50)32-10-8-9-31(26-32)30-18-21-34(22-19-30)49-40-14-5-2-11-35(40)36-12-3-6-15-41(36)49/h2-26H. The molecular weight excluding hydrogens is 611 g/mol. The number of nitrogens with zero attached hydrogens (tertiary/aromatic N) is 5. The van der Waals surface area contributed by atoms with Crippen molar-refractivity contribution in [2.24, 2.45) is 0 Å². The van der Waals surface area contributed by atoms with Crippen LogP contribution in [0.3, 0.4) is 0 Å². The molecule has 0 aliphatic heterocycles. The van der Waals surface area contributed by atoms with E-state index in [-0.39, 0.29) is 0 Å². The van der Waals surface area contributed by atoms with Gasteiger partial charge in [-0.3, -0.25) is 0 Å². The highest BCUT2D eigenvalue weighted by Crippen LogP contribution is 2.43. The molecule has 0 atom stereocenters. The first-order chi connectivity index (χ1) is 24.7. The first kappa shape index (κ1) is 28.8. The van der Waals surface area contributed by atoms with Gasteiger partial charge in [0.2, 0.25) is 5.69 Å². The summed E-state index contributed by atoms with van der Waals surface area (Å²) in [7, 11) is 0. The van der Waals surface area contributed by atoms with Crippen molar-refractivity contribution in [2.75, 3.05) is 0 Å². The van der Waals surface area contributed by atoms with Crippen molar-refractivity contribution >= 4 is 49.3 Å². The fourth-order valence-electron chi connectivity index (χ4n) is 7.42. The van der Waals surface area contributed by atoms with E-state index in [0.29, 0.717) is 28.1 Å². The summed E-state index contributed by atoms with van der Waals surface area (Å²) in [6.07, 6.45) is 0. The average Bonchev–Trinajstić information content (AvgIpc) is 3.70. The Morgan fingerprint density at radius 1 is 0.480 bits per heavy atom. The first-order valence-electron chi connectivity index (χ1n) is 16.3. The minimum absolute atomic E-state index is 0.437. The lowest BCUT2D eigenvalue weighted by Gasteiger charge is -2.18. The van der Waals surface area contributed by atoms with E-state index in [4.69, 9.17) is 6.57 Å². The molecule has 0 amide bonds. The molecule has 2 aromatic heterocycles. The van der Waals surface area contributed by atoms with Crippen molar-refractivity contribution in [1.29, 1.82) is 10.5 Å². The van der Waals surface area contributed by atoms with Crippen molar-refractivity contribution in [3.8, 4) is 45.8 Å². The van der Waals surface area contributed by atoms with Gasteiger partial charge in [-0.15, -0.1) is 0 Å². The van der Waals surface area contributed by atoms with Gasteiger partial charge in [-0.1, -0.05) is 97.1 Å². The Hall–Kier alpha value is -7.39. The predicted octanol–water partition coefficient (Wildman–Crippen LogP) is 11.5. The molecule has 0 aliphatic carbocycles. The summed E-state index contributed by atoms with van der Waals surface area (Å²) in [6, 6.07) is 55.5. The van der Waals surface area contributed by atoms with Crippen LogP contribution in [-0.2, 0) is 0 Å². The Labute approximate surface area is 288 Å². The lowest BCUT2D eigenvalue weighted by molar-refractivity contribution is 1.18. The maximum absolute atomic E-state index is 10.4. The maximum Gasteiger partial charge on any atom is 0.211 e. The summed E-state index contributed by atoms with van der Waals surface area (Å²) in [6.45, 7) is 8.19. The molecule has 0 spiro atoms. The minimum atomic E-state index is 0.437. The van der Waals surface area contributed by atoms with Crippen molar-refractivity contribution in [3.63, 3.8) is 0 Å². The molecule has 0 saturated carbocycles. The zero-order chi connectivity index (χ0) is 33.8. The molecule has 0 radical (unpaired) electrons. The van der Waals surface area contributed by atoms with E-state index in [1.54, 1.807) is 18.2 Å². The zero-order valence-electron chi connectivity index (χ0n) is 26.7. The summed E-state index contributed by atoms with van der Waals surface area (Å²) in [4.78, 5) is 3.96. The quantitative estimate of drug-likeness (QED) is 0.181. The largest absolute Gasteiger partial charge is 0.318 e. The Morgan fingerprint density at radius 3 is 1.72 bits per heavy atom. The third kappa shape index (κ3) is 4.31. The molecule has 0 unspecified atom stereocenters. The van der Waals surface area contributed by atoms with Crippen LogP contribution < -0.4 is 0 Å². The van der Waals surface area contributed by atoms with Gasteiger partial charge in [0.05, 0.1) is 57.6 Å². The van der Waals surface area contributed by atoms with E-state index < -0.39 is 0 Å². The number of hydrogen-bond acceptors (Lipinski definition) is 2. The molecule has 0 saturated heterocycles. The van der Waals surface area contributed by atoms with Crippen LogP contribution in [0.2, 0.25) is 0 Å². The lowest BCUT2D eigenvalue weighted by atomic mass is 9.93. The Balaban J connectivity index is 1.22. The molecule has 50 heavy (non-hydrogen) atoms. The van der Waals surface area contributed by atoms with E-state index in [2.05, 4.69) is 111 Å². The number of nitriles is 2. The fraction of sp³-hybridized carbons (Fsp3) is 0. The summed E-state index contributed by atoms with van der Waals surface area (Å²) in [5, 5.41) is 24.4. The number of hydrogen-bond donors (Lipinski definition) is 0. The Morgan fingerprint density at radius 2 is 1.08 bits per heavy atom. The van der Waals surface area contributed by atoms with Crippen LogP contribution in [0.4, 0.5) is 5.69 Å². The summed E-state index contributed by atoms with van der Waals surface area (Å²) in [5.41, 5.74) is 10.9. The van der Waals surface area contributed by atoms with Gasteiger partial charge in [0.15, 0.2) is 0 Å². The molecule has 0 bridgehead atoms. The smallest absolute Gasteiger partial charge is 0.211 e. The molecular formula is C45H25N5. The maximum atomic E-state index is 10.4. The highest BCUT2D eigenvalue weighted by atomic mass is 15.0. The Bertz CT molecular complexity index is 2900. The molecule has 0 N–H and O–H groups in total. The SMILES string of the molecule is [C-]#[N+]c1ccc(C#N)c(-c2cccc(-c3ccc(-n4c5ccccc5c5ccccc54)cc3)c2)c1-n1c2ccccc2c2cc(C#N)ccc21. The molecule has 5 nitrogen and oxygen atoms in total. The molecule has 5 heteroatoms. The van der Waals surface area contributed by atoms with Crippen LogP contribution in [0, 0.1) is 29.2 Å². The van der Waals surface area contributed by atoms with Crippen molar-refractivity contribution in [1.82, 2.24) is 9.13 Å². The van der Waals surface area contributed by atoms with E-state index >= 15 is 0 Å². The molecule has 0 fully saturated rings. The van der Waals surface area contributed by atoms with Crippen LogP contribution in [-0.4, -0.2) is 9.13 Å². The second-order valence-electron chi connectivity index (χ2n) is 12.3. The van der Waals surface area contributed by atoms with Crippen LogP contribution in [0.25, 0.3) is 82.1 Å². The minimum Gasteiger partial charge on any atom is -0.318 e. The summed E-state index contributed by atoms with van der Waals surface area (Å²) in [5.74, 6) is 0. The second-order valence-corrected chi connectivity index (χ2v) is 12.3. The van der Waals surface area contributed by atoms with Crippen molar-refractivity contribution < 1.29 is 0 Å². The van der Waals surface area contributed by atoms with E-state index in [1.807, 2.05) is 48.5 Å². The van der Waals surface area contributed by atoms with E-state index in [0.717, 1.165) is 55.2 Å². The van der Waals surface area contributed by atoms with Gasteiger partial charge in [0.25, 0.3) is 0 Å². The predicted molar refractivity (Wildman–Crippen MR) is 202 cm³/mol. The number of benzene rings is 7. The lowest BCUT2D eigenvalue weighted by Crippen LogP contribution is -2.00. The third-order valence-corrected chi connectivity index (χ3v) is 9.61. The molecule has 9 rings (SSSR count). The fourth-order valence-corrected chi connectivity index (χ4v) is 7.42. The van der Waals surface area contributed by atoms with Gasteiger partial charge in [0, 0.05) is 32.8 Å². The van der Waals surface area contributed by atoms with Crippen molar-refractivity contribution in [3.05, 3.63) is 174 Å². The van der Waals surface area contributed by atoms with E-state index in [1.165, 1.54) is 10.8 Å². The molecule has 2 heterocycles. The molecule has 9 aromatic rings. The van der Waals surface area contributed by atoms with Gasteiger partial charge in [-0.05, 0) is 71.3 Å². The molecule has 0 aliphatic rings. The molecule has 7 aromatic carbocycles. The number of aromatic nitrogens is 2. The zero-order valence-corrected chi connectivity index (χ0v) is 26.7. The number of fused-ring (bicyclic) bond motifs is 6. The number of para-hydroxylation sites is 3. The monoisotopic (exact) mass is 635 g/mol. The van der Waals surface area contributed by atoms with Gasteiger partial charge < -0.3 is 9.13 Å². The van der Waals surface area contributed by atoms with Gasteiger partial charge >= 0.3 is 0 Å². The van der Waals surface area contributed by atoms with Gasteiger partial charge in [-0.2, -0.15) is 10.5 Å². The van der Waals surface area contributed by atoms with E-state index in [9.17, 15) is 10.5 Å². The highest BCUT2D eigenvalue weighted by molar-refractivity contribution is 6.11. The second kappa shape index (κ2) is 11.4. The molecule has 230 valence electrons.